The molecule has 0 spiro atoms. The zero-order valence-corrected chi connectivity index (χ0v) is 17.8. The number of carboxylic acids is 1. The lowest BCUT2D eigenvalue weighted by molar-refractivity contribution is -0.192. The van der Waals surface area contributed by atoms with Crippen molar-refractivity contribution >= 4 is 17.3 Å². The zero-order valence-electron chi connectivity index (χ0n) is 17.0. The maximum absolute atomic E-state index is 10.6. The highest BCUT2D eigenvalue weighted by Gasteiger charge is 2.38. The molecular weight excluding hydrogens is 427 g/mol. The van der Waals surface area contributed by atoms with E-state index < -0.39 is 12.1 Å². The summed E-state index contributed by atoms with van der Waals surface area (Å²) in [5.41, 5.74) is 4.10. The van der Waals surface area contributed by atoms with Crippen LogP contribution in [0.1, 0.15) is 46.4 Å². The van der Waals surface area contributed by atoms with Gasteiger partial charge in [-0.25, -0.2) is 9.78 Å². The van der Waals surface area contributed by atoms with E-state index in [2.05, 4.69) is 63.7 Å². The van der Waals surface area contributed by atoms with Crippen LogP contribution in [0.2, 0.25) is 0 Å². The van der Waals surface area contributed by atoms with Gasteiger partial charge in [-0.2, -0.15) is 13.2 Å². The van der Waals surface area contributed by atoms with Gasteiger partial charge in [0, 0.05) is 36.3 Å². The highest BCUT2D eigenvalue weighted by Crippen LogP contribution is 2.33. The van der Waals surface area contributed by atoms with E-state index in [0.717, 1.165) is 18.8 Å². The zero-order chi connectivity index (χ0) is 22.4. The number of carboxylic acid groups (broad SMARTS) is 1. The minimum atomic E-state index is -5.08. The molecule has 0 amide bonds. The van der Waals surface area contributed by atoms with E-state index in [0.29, 0.717) is 6.04 Å². The van der Waals surface area contributed by atoms with E-state index in [1.54, 1.807) is 4.88 Å². The normalized spacial score (nSPS) is 15.7. The minimum Gasteiger partial charge on any atom is -0.475 e. The number of aliphatic carboxylic acids is 1. The average Bonchev–Trinajstić information content (AvgIpc) is 3.35. The second-order valence-corrected chi connectivity index (χ2v) is 8.32. The number of hydrogen-bond donors (Lipinski definition) is 2. The number of nitrogens with zero attached hydrogens (tertiary/aromatic N) is 2. The fraction of sp³-hybridized carbons (Fsp3) is 0.364. The van der Waals surface area contributed by atoms with Crippen LogP contribution in [0.15, 0.2) is 48.0 Å². The van der Waals surface area contributed by atoms with Crippen LogP contribution in [-0.4, -0.2) is 26.8 Å². The molecule has 0 fully saturated rings. The van der Waals surface area contributed by atoms with Gasteiger partial charge in [0.25, 0.3) is 0 Å². The van der Waals surface area contributed by atoms with Gasteiger partial charge in [-0.05, 0) is 41.8 Å². The maximum atomic E-state index is 10.6. The van der Waals surface area contributed by atoms with E-state index in [1.165, 1.54) is 36.1 Å². The molecule has 2 aromatic heterocycles. The Bertz CT molecular complexity index is 999. The number of thiophene rings is 1. The third kappa shape index (κ3) is 6.18. The first kappa shape index (κ1) is 23.0. The largest absolute Gasteiger partial charge is 0.490 e. The molecule has 31 heavy (non-hydrogen) atoms. The summed E-state index contributed by atoms with van der Waals surface area (Å²) in [7, 11) is 2.12. The third-order valence-corrected chi connectivity index (χ3v) is 6.21. The number of halogens is 3. The maximum Gasteiger partial charge on any atom is 0.490 e. The molecule has 0 aliphatic heterocycles. The predicted molar refractivity (Wildman–Crippen MR) is 113 cm³/mol. The van der Waals surface area contributed by atoms with Crippen LogP contribution in [0.25, 0.3) is 0 Å². The molecule has 166 valence electrons. The summed E-state index contributed by atoms with van der Waals surface area (Å²) >= 11 is 1.90. The van der Waals surface area contributed by atoms with Crippen molar-refractivity contribution < 1.29 is 23.1 Å². The number of benzene rings is 1. The molecule has 9 heteroatoms. The van der Waals surface area contributed by atoms with Gasteiger partial charge in [0.1, 0.15) is 5.82 Å². The second-order valence-electron chi connectivity index (χ2n) is 7.31. The molecule has 3 aromatic rings. The van der Waals surface area contributed by atoms with Gasteiger partial charge in [0.2, 0.25) is 0 Å². The van der Waals surface area contributed by atoms with E-state index >= 15 is 0 Å². The van der Waals surface area contributed by atoms with Crippen LogP contribution in [0.3, 0.4) is 0 Å². The van der Waals surface area contributed by atoms with Gasteiger partial charge in [-0.3, -0.25) is 0 Å². The Morgan fingerprint density at radius 2 is 2.00 bits per heavy atom. The first-order chi connectivity index (χ1) is 14.8. The third-order valence-electron chi connectivity index (χ3n) is 5.21. The molecule has 0 saturated heterocycles. The molecule has 1 atom stereocenters. The SMILES string of the molecule is Cn1c(Cc2ccccc2)cnc1CNC1CCCc2sccc21.O=C(O)C(F)(F)F. The number of aromatic nitrogens is 2. The Morgan fingerprint density at radius 3 is 2.68 bits per heavy atom. The molecule has 1 aromatic carbocycles. The lowest BCUT2D eigenvalue weighted by Crippen LogP contribution is -2.25. The van der Waals surface area contributed by atoms with Gasteiger partial charge in [-0.1, -0.05) is 30.3 Å². The van der Waals surface area contributed by atoms with E-state index in [1.807, 2.05) is 17.5 Å². The van der Waals surface area contributed by atoms with Crippen LogP contribution >= 0.6 is 11.3 Å². The van der Waals surface area contributed by atoms with E-state index in [9.17, 15) is 13.2 Å². The van der Waals surface area contributed by atoms with Crippen molar-refractivity contribution in [3.8, 4) is 0 Å². The van der Waals surface area contributed by atoms with Crippen LogP contribution < -0.4 is 5.32 Å². The van der Waals surface area contributed by atoms with Crippen molar-refractivity contribution in [2.45, 2.75) is 44.4 Å². The van der Waals surface area contributed by atoms with Gasteiger partial charge in [0.05, 0.1) is 6.54 Å². The second kappa shape index (κ2) is 10.1. The first-order valence-corrected chi connectivity index (χ1v) is 10.8. The lowest BCUT2D eigenvalue weighted by Gasteiger charge is -2.23. The smallest absolute Gasteiger partial charge is 0.475 e. The van der Waals surface area contributed by atoms with Gasteiger partial charge >= 0.3 is 12.1 Å². The summed E-state index contributed by atoms with van der Waals surface area (Å²) in [5.74, 6) is -1.64. The van der Waals surface area contributed by atoms with E-state index in [4.69, 9.17) is 9.90 Å². The van der Waals surface area contributed by atoms with Crippen molar-refractivity contribution in [2.24, 2.45) is 7.05 Å². The fourth-order valence-electron chi connectivity index (χ4n) is 3.53. The minimum absolute atomic E-state index is 0.481. The number of aryl methyl sites for hydroxylation is 1. The summed E-state index contributed by atoms with van der Waals surface area (Å²) in [4.78, 5) is 15.1. The number of fused-ring (bicyclic) bond motifs is 1. The fourth-order valence-corrected chi connectivity index (χ4v) is 4.52. The van der Waals surface area contributed by atoms with Crippen molar-refractivity contribution in [3.63, 3.8) is 0 Å². The highest BCUT2D eigenvalue weighted by atomic mass is 32.1. The van der Waals surface area contributed by atoms with Crippen LogP contribution in [0.5, 0.6) is 0 Å². The molecule has 0 radical (unpaired) electrons. The van der Waals surface area contributed by atoms with Crippen LogP contribution in [0, 0.1) is 0 Å². The standard InChI is InChI=1S/C20H23N3S.C2HF3O2/c1-23-16(12-15-6-3-2-4-7-15)13-22-20(23)14-21-18-8-5-9-19-17(18)10-11-24-19;3-2(4,5)1(6)7/h2-4,6-7,10-11,13,18,21H,5,8-9,12,14H2,1H3;(H,6,7). The van der Waals surface area contributed by atoms with Gasteiger partial charge < -0.3 is 15.0 Å². The van der Waals surface area contributed by atoms with Gasteiger partial charge in [-0.15, -0.1) is 11.3 Å². The Labute approximate surface area is 182 Å². The molecule has 0 bridgehead atoms. The first-order valence-electron chi connectivity index (χ1n) is 9.89. The summed E-state index contributed by atoms with van der Waals surface area (Å²) < 4.78 is 34.0. The van der Waals surface area contributed by atoms with Crippen molar-refractivity contribution in [3.05, 3.63) is 75.5 Å². The molecule has 1 aliphatic carbocycles. The van der Waals surface area contributed by atoms with Gasteiger partial charge in [0.15, 0.2) is 0 Å². The molecular formula is C22H24F3N3O2S. The summed E-state index contributed by atoms with van der Waals surface area (Å²) in [5, 5.41) is 13.1. The Balaban J connectivity index is 0.000000339. The number of alkyl halides is 3. The average molecular weight is 452 g/mol. The summed E-state index contributed by atoms with van der Waals surface area (Å²) in [6.07, 6.45) is 1.62. The van der Waals surface area contributed by atoms with Crippen molar-refractivity contribution in [2.75, 3.05) is 0 Å². The number of nitrogens with one attached hydrogen (secondary N) is 1. The predicted octanol–water partition coefficient (Wildman–Crippen LogP) is 4.87. The topological polar surface area (TPSA) is 67.2 Å². The monoisotopic (exact) mass is 451 g/mol. The number of hydrogen-bond acceptors (Lipinski definition) is 4. The molecule has 1 unspecified atom stereocenters. The Kier molecular flexibility index (Phi) is 7.50. The number of imidazole rings is 1. The Morgan fingerprint density at radius 1 is 1.29 bits per heavy atom. The van der Waals surface area contributed by atoms with Crippen LogP contribution in [0.4, 0.5) is 13.2 Å². The molecule has 1 aliphatic rings. The quantitative estimate of drug-likeness (QED) is 0.581. The van der Waals surface area contributed by atoms with Crippen LogP contribution in [-0.2, 0) is 31.2 Å². The number of carbonyl (C=O) groups is 1. The van der Waals surface area contributed by atoms with E-state index in [-0.39, 0.29) is 0 Å². The molecule has 0 saturated carbocycles. The molecule has 4 rings (SSSR count). The summed E-state index contributed by atoms with van der Waals surface area (Å²) in [6.45, 7) is 0.825. The molecule has 2 N–H and O–H groups in total. The molecule has 2 heterocycles. The highest BCUT2D eigenvalue weighted by molar-refractivity contribution is 7.10. The summed E-state index contributed by atoms with van der Waals surface area (Å²) in [6, 6.07) is 13.4. The Hall–Kier alpha value is -2.65. The van der Waals surface area contributed by atoms with Crippen molar-refractivity contribution in [1.29, 1.82) is 0 Å². The number of rotatable bonds is 5. The van der Waals surface area contributed by atoms with Crippen molar-refractivity contribution in [1.82, 2.24) is 14.9 Å². The molecule has 5 nitrogen and oxygen atoms in total. The lowest BCUT2D eigenvalue weighted by atomic mass is 9.94.